The number of thiazole rings is 1. The molecule has 0 unspecified atom stereocenters. The van der Waals surface area contributed by atoms with Gasteiger partial charge in [0.15, 0.2) is 5.13 Å². The van der Waals surface area contributed by atoms with Crippen molar-refractivity contribution in [3.05, 3.63) is 34.7 Å². The van der Waals surface area contributed by atoms with Gasteiger partial charge in [-0.1, -0.05) is 30.2 Å². The van der Waals surface area contributed by atoms with Gasteiger partial charge in [-0.05, 0) is 32.3 Å². The number of anilines is 1. The van der Waals surface area contributed by atoms with Crippen LogP contribution in [-0.2, 0) is 4.79 Å². The highest BCUT2D eigenvalue weighted by Crippen LogP contribution is 2.30. The van der Waals surface area contributed by atoms with E-state index in [-0.39, 0.29) is 11.8 Å². The molecule has 104 valence electrons. The molecule has 1 fully saturated rings. The fraction of sp³-hybridized carbons (Fsp3) is 0.375. The van der Waals surface area contributed by atoms with Crippen molar-refractivity contribution in [3.63, 3.8) is 0 Å². The summed E-state index contributed by atoms with van der Waals surface area (Å²) >= 11 is 1.49. The van der Waals surface area contributed by atoms with Gasteiger partial charge in [-0.3, -0.25) is 4.79 Å². The van der Waals surface area contributed by atoms with Gasteiger partial charge >= 0.3 is 0 Å². The summed E-state index contributed by atoms with van der Waals surface area (Å²) in [5, 5.41) is 5.65. The Morgan fingerprint density at radius 3 is 2.80 bits per heavy atom. The maximum atomic E-state index is 11.9. The molecule has 1 heterocycles. The molecule has 0 spiro atoms. The van der Waals surface area contributed by atoms with Crippen LogP contribution in [0.25, 0.3) is 11.3 Å². The third-order valence-corrected chi connectivity index (χ3v) is 4.63. The summed E-state index contributed by atoms with van der Waals surface area (Å²) in [6.07, 6.45) is 3.20. The second kappa shape index (κ2) is 5.37. The number of nitrogens with zero attached hydrogens (tertiary/aromatic N) is 1. The standard InChI is InChI=1S/C16H18N2OS/c1-10-6-7-13(11(2)8-10)14-9-20-16(17-14)18-15(19)12-4-3-5-12/h6-9,12H,3-5H2,1-2H3,(H,17,18,19). The van der Waals surface area contributed by atoms with E-state index < -0.39 is 0 Å². The van der Waals surface area contributed by atoms with Gasteiger partial charge in [0.25, 0.3) is 0 Å². The third-order valence-electron chi connectivity index (χ3n) is 3.87. The van der Waals surface area contributed by atoms with E-state index in [0.717, 1.165) is 24.1 Å². The molecule has 1 aliphatic rings. The second-order valence-corrected chi connectivity index (χ2v) is 6.33. The number of carbonyl (C=O) groups is 1. The molecule has 1 aromatic heterocycles. The van der Waals surface area contributed by atoms with Crippen molar-refractivity contribution >= 4 is 22.4 Å². The number of hydrogen-bond donors (Lipinski definition) is 1. The molecule has 0 atom stereocenters. The lowest BCUT2D eigenvalue weighted by atomic mass is 9.85. The SMILES string of the molecule is Cc1ccc(-c2csc(NC(=O)C3CCC3)n2)c(C)c1. The van der Waals surface area contributed by atoms with Gasteiger partial charge in [0.1, 0.15) is 0 Å². The lowest BCUT2D eigenvalue weighted by molar-refractivity contribution is -0.122. The van der Waals surface area contributed by atoms with Crippen LogP contribution in [0.15, 0.2) is 23.6 Å². The zero-order chi connectivity index (χ0) is 14.1. The minimum absolute atomic E-state index is 0.123. The van der Waals surface area contributed by atoms with Crippen LogP contribution in [0.3, 0.4) is 0 Å². The van der Waals surface area contributed by atoms with Crippen molar-refractivity contribution in [2.75, 3.05) is 5.32 Å². The van der Waals surface area contributed by atoms with Gasteiger partial charge in [0.05, 0.1) is 5.69 Å². The van der Waals surface area contributed by atoms with Crippen LogP contribution in [0.1, 0.15) is 30.4 Å². The number of aromatic nitrogens is 1. The monoisotopic (exact) mass is 286 g/mol. The Labute approximate surface area is 123 Å². The first-order valence-corrected chi connectivity index (χ1v) is 7.85. The van der Waals surface area contributed by atoms with Crippen LogP contribution < -0.4 is 5.32 Å². The third kappa shape index (κ3) is 2.61. The van der Waals surface area contributed by atoms with Crippen LogP contribution in [0.4, 0.5) is 5.13 Å². The van der Waals surface area contributed by atoms with Crippen molar-refractivity contribution in [1.82, 2.24) is 4.98 Å². The molecule has 1 aromatic carbocycles. The molecule has 1 aliphatic carbocycles. The van der Waals surface area contributed by atoms with Crippen LogP contribution in [-0.4, -0.2) is 10.9 Å². The molecule has 1 amide bonds. The average Bonchev–Trinajstić information content (AvgIpc) is 2.74. The van der Waals surface area contributed by atoms with Crippen molar-refractivity contribution in [3.8, 4) is 11.3 Å². The summed E-state index contributed by atoms with van der Waals surface area (Å²) in [6, 6.07) is 6.34. The smallest absolute Gasteiger partial charge is 0.229 e. The Kier molecular flexibility index (Phi) is 3.57. The molecule has 0 saturated heterocycles. The van der Waals surface area contributed by atoms with Crippen molar-refractivity contribution in [2.45, 2.75) is 33.1 Å². The normalized spacial score (nSPS) is 14.9. The van der Waals surface area contributed by atoms with Crippen LogP contribution in [0.2, 0.25) is 0 Å². The summed E-state index contributed by atoms with van der Waals surface area (Å²) in [5.41, 5.74) is 4.54. The highest BCUT2D eigenvalue weighted by atomic mass is 32.1. The van der Waals surface area contributed by atoms with Gasteiger partial charge in [0, 0.05) is 16.9 Å². The molecule has 2 aromatic rings. The lowest BCUT2D eigenvalue weighted by Gasteiger charge is -2.23. The minimum atomic E-state index is 0.123. The average molecular weight is 286 g/mol. The predicted molar refractivity (Wildman–Crippen MR) is 83.0 cm³/mol. The maximum absolute atomic E-state index is 11.9. The highest BCUT2D eigenvalue weighted by molar-refractivity contribution is 7.14. The number of rotatable bonds is 3. The van der Waals surface area contributed by atoms with E-state index in [9.17, 15) is 4.79 Å². The molecular formula is C16H18N2OS. The zero-order valence-electron chi connectivity index (χ0n) is 11.8. The topological polar surface area (TPSA) is 42.0 Å². The van der Waals surface area contributed by atoms with Gasteiger partial charge in [-0.2, -0.15) is 0 Å². The van der Waals surface area contributed by atoms with Crippen molar-refractivity contribution in [1.29, 1.82) is 0 Å². The molecule has 3 nitrogen and oxygen atoms in total. The summed E-state index contributed by atoms with van der Waals surface area (Å²) in [4.78, 5) is 16.4. The molecule has 1 N–H and O–H groups in total. The summed E-state index contributed by atoms with van der Waals surface area (Å²) in [6.45, 7) is 4.18. The molecule has 3 rings (SSSR count). The fourth-order valence-electron chi connectivity index (χ4n) is 2.43. The lowest BCUT2D eigenvalue weighted by Crippen LogP contribution is -2.27. The maximum Gasteiger partial charge on any atom is 0.229 e. The van der Waals surface area contributed by atoms with Gasteiger partial charge in [-0.15, -0.1) is 11.3 Å². The van der Waals surface area contributed by atoms with Crippen molar-refractivity contribution < 1.29 is 4.79 Å². The highest BCUT2D eigenvalue weighted by Gasteiger charge is 2.25. The number of amides is 1. The molecule has 4 heteroatoms. The minimum Gasteiger partial charge on any atom is -0.302 e. The first kappa shape index (κ1) is 13.3. The quantitative estimate of drug-likeness (QED) is 0.920. The first-order chi connectivity index (χ1) is 9.63. The molecule has 20 heavy (non-hydrogen) atoms. The Bertz CT molecular complexity index is 644. The van der Waals surface area contributed by atoms with E-state index in [1.165, 1.54) is 28.9 Å². The van der Waals surface area contributed by atoms with E-state index in [1.54, 1.807) is 0 Å². The van der Waals surface area contributed by atoms with Gasteiger partial charge in [0.2, 0.25) is 5.91 Å². The summed E-state index contributed by atoms with van der Waals surface area (Å²) in [5.74, 6) is 0.321. The molecule has 0 aliphatic heterocycles. The van der Waals surface area contributed by atoms with Crippen LogP contribution in [0.5, 0.6) is 0 Å². The summed E-state index contributed by atoms with van der Waals surface area (Å²) in [7, 11) is 0. The Balaban J connectivity index is 1.77. The van der Waals surface area contributed by atoms with E-state index in [0.29, 0.717) is 5.13 Å². The Morgan fingerprint density at radius 2 is 2.15 bits per heavy atom. The molecule has 0 bridgehead atoms. The zero-order valence-corrected chi connectivity index (χ0v) is 12.6. The van der Waals surface area contributed by atoms with E-state index in [2.05, 4.69) is 42.3 Å². The number of benzene rings is 1. The Morgan fingerprint density at radius 1 is 1.35 bits per heavy atom. The number of hydrogen-bond acceptors (Lipinski definition) is 3. The fourth-order valence-corrected chi connectivity index (χ4v) is 3.15. The molecule has 0 radical (unpaired) electrons. The van der Waals surface area contributed by atoms with E-state index in [1.807, 2.05) is 5.38 Å². The molecule has 1 saturated carbocycles. The Hall–Kier alpha value is -1.68. The van der Waals surface area contributed by atoms with Gasteiger partial charge < -0.3 is 5.32 Å². The molecular weight excluding hydrogens is 268 g/mol. The van der Waals surface area contributed by atoms with E-state index in [4.69, 9.17) is 0 Å². The number of carbonyl (C=O) groups excluding carboxylic acids is 1. The first-order valence-electron chi connectivity index (χ1n) is 6.97. The van der Waals surface area contributed by atoms with Crippen LogP contribution >= 0.6 is 11.3 Å². The number of aryl methyl sites for hydroxylation is 2. The largest absolute Gasteiger partial charge is 0.302 e. The van der Waals surface area contributed by atoms with Crippen molar-refractivity contribution in [2.24, 2.45) is 5.92 Å². The predicted octanol–water partition coefficient (Wildman–Crippen LogP) is 4.17. The summed E-state index contributed by atoms with van der Waals surface area (Å²) < 4.78 is 0. The van der Waals surface area contributed by atoms with E-state index >= 15 is 0 Å². The van der Waals surface area contributed by atoms with Gasteiger partial charge in [-0.25, -0.2) is 4.98 Å². The number of nitrogens with one attached hydrogen (secondary N) is 1. The van der Waals surface area contributed by atoms with Crippen LogP contribution in [0, 0.1) is 19.8 Å². The second-order valence-electron chi connectivity index (χ2n) is 5.47.